The summed E-state index contributed by atoms with van der Waals surface area (Å²) in [5.74, 6) is 0.497. The first-order valence-electron chi connectivity index (χ1n) is 9.19. The quantitative estimate of drug-likeness (QED) is 0.190. The minimum Gasteiger partial charge on any atom is -0.506 e. The molecule has 6 nitrogen and oxygen atoms in total. The summed E-state index contributed by atoms with van der Waals surface area (Å²) in [6.07, 6.45) is 4.81. The molecule has 1 saturated heterocycles. The predicted molar refractivity (Wildman–Crippen MR) is 138 cm³/mol. The molecule has 1 aliphatic heterocycles. The molecule has 0 spiro atoms. The summed E-state index contributed by atoms with van der Waals surface area (Å²) in [7, 11) is 0. The fourth-order valence-corrected chi connectivity index (χ4v) is 5.46. The fourth-order valence-electron chi connectivity index (χ4n) is 2.85. The van der Waals surface area contributed by atoms with Crippen LogP contribution >= 0.6 is 59.6 Å². The maximum atomic E-state index is 13.1. The molecule has 1 fully saturated rings. The van der Waals surface area contributed by atoms with Gasteiger partial charge < -0.3 is 9.52 Å². The van der Waals surface area contributed by atoms with Gasteiger partial charge in [-0.15, -0.1) is 5.10 Å². The van der Waals surface area contributed by atoms with Crippen molar-refractivity contribution in [3.05, 3.63) is 90.0 Å². The van der Waals surface area contributed by atoms with Gasteiger partial charge in [-0.25, -0.2) is 0 Å². The van der Waals surface area contributed by atoms with Gasteiger partial charge in [0.25, 0.3) is 5.91 Å². The van der Waals surface area contributed by atoms with Gasteiger partial charge in [0.05, 0.1) is 28.4 Å². The maximum absolute atomic E-state index is 13.1. The molecule has 10 heteroatoms. The molecule has 2 aromatic carbocycles. The molecule has 1 aromatic heterocycles. The SMILES string of the molecule is O=C1/C(=C/c2cccc(Br)c2)S/C(=N\N=C\c2cc(Br)cc(Br)c2O)N1Cc1ccco1. The first-order valence-corrected chi connectivity index (χ1v) is 12.4. The van der Waals surface area contributed by atoms with E-state index in [9.17, 15) is 9.90 Å². The number of hydrogen-bond acceptors (Lipinski definition) is 6. The first kappa shape index (κ1) is 23.0. The molecule has 0 saturated carbocycles. The molecule has 1 amide bonds. The first-order chi connectivity index (χ1) is 15.4. The van der Waals surface area contributed by atoms with E-state index < -0.39 is 0 Å². The minimum absolute atomic E-state index is 0.0509. The Hall–Kier alpha value is -2.14. The van der Waals surface area contributed by atoms with Gasteiger partial charge in [0.1, 0.15) is 11.5 Å². The van der Waals surface area contributed by atoms with E-state index >= 15 is 0 Å². The van der Waals surface area contributed by atoms with Gasteiger partial charge in [0.15, 0.2) is 5.17 Å². The molecule has 3 aromatic rings. The summed E-state index contributed by atoms with van der Waals surface area (Å²) in [4.78, 5) is 15.1. The molecule has 1 aliphatic rings. The van der Waals surface area contributed by atoms with E-state index in [0.717, 1.165) is 14.5 Å². The summed E-state index contributed by atoms with van der Waals surface area (Å²) in [5, 5.41) is 19.0. The number of nitrogens with zero attached hydrogens (tertiary/aromatic N) is 3. The highest BCUT2D eigenvalue weighted by atomic mass is 79.9. The van der Waals surface area contributed by atoms with Crippen molar-refractivity contribution in [3.63, 3.8) is 0 Å². The molecule has 0 radical (unpaired) electrons. The molecule has 1 N–H and O–H groups in total. The van der Waals surface area contributed by atoms with E-state index in [-0.39, 0.29) is 18.2 Å². The molecule has 4 rings (SSSR count). The average Bonchev–Trinajstić information content (AvgIpc) is 3.36. The van der Waals surface area contributed by atoms with Crippen LogP contribution in [0.3, 0.4) is 0 Å². The number of halogens is 3. The number of furan rings is 1. The minimum atomic E-state index is -0.187. The zero-order valence-corrected chi connectivity index (χ0v) is 21.8. The number of carbonyl (C=O) groups excluding carboxylic acids is 1. The van der Waals surface area contributed by atoms with E-state index in [0.29, 0.717) is 25.9 Å². The fraction of sp³-hybridized carbons (Fsp3) is 0.0455. The smallest absolute Gasteiger partial charge is 0.267 e. The van der Waals surface area contributed by atoms with E-state index in [4.69, 9.17) is 4.42 Å². The molecule has 0 bridgehead atoms. The second-order valence-electron chi connectivity index (χ2n) is 6.59. The lowest BCUT2D eigenvalue weighted by Crippen LogP contribution is -2.28. The Morgan fingerprint density at radius 2 is 1.94 bits per heavy atom. The van der Waals surface area contributed by atoms with Crippen LogP contribution in [0.1, 0.15) is 16.9 Å². The van der Waals surface area contributed by atoms with Crippen LogP contribution in [0.15, 0.2) is 87.7 Å². The van der Waals surface area contributed by atoms with Gasteiger partial charge in [-0.1, -0.05) is 44.0 Å². The van der Waals surface area contributed by atoms with Crippen LogP contribution in [0.25, 0.3) is 6.08 Å². The number of rotatable bonds is 5. The number of carbonyl (C=O) groups is 1. The molecule has 0 atom stereocenters. The monoisotopic (exact) mass is 637 g/mol. The summed E-state index contributed by atoms with van der Waals surface area (Å²) >= 11 is 11.4. The van der Waals surface area contributed by atoms with Crippen molar-refractivity contribution in [2.45, 2.75) is 6.54 Å². The highest BCUT2D eigenvalue weighted by Gasteiger charge is 2.34. The van der Waals surface area contributed by atoms with Crippen LogP contribution in [0, 0.1) is 0 Å². The van der Waals surface area contributed by atoms with Crippen molar-refractivity contribution in [2.24, 2.45) is 10.2 Å². The third-order valence-electron chi connectivity index (χ3n) is 4.33. The molecular weight excluding hydrogens is 626 g/mol. The standard InChI is InChI=1S/C22H14Br3N3O3S/c23-15-4-1-3-13(7-15)8-19-21(30)28(12-17-5-2-6-31-17)22(32-19)27-26-11-14-9-16(24)10-18(25)20(14)29/h1-11,29H,12H2/b19-8-,26-11+,27-22-. The number of amides is 1. The lowest BCUT2D eigenvalue weighted by atomic mass is 10.2. The lowest BCUT2D eigenvalue weighted by Gasteiger charge is -2.12. The Kier molecular flexibility index (Phi) is 7.34. The number of hydrogen-bond donors (Lipinski definition) is 1. The van der Waals surface area contributed by atoms with Crippen molar-refractivity contribution in [2.75, 3.05) is 0 Å². The number of benzene rings is 2. The van der Waals surface area contributed by atoms with Gasteiger partial charge in [-0.3, -0.25) is 9.69 Å². The zero-order chi connectivity index (χ0) is 22.7. The summed E-state index contributed by atoms with van der Waals surface area (Å²) in [5.41, 5.74) is 1.37. The molecule has 0 aliphatic carbocycles. The Balaban J connectivity index is 1.65. The van der Waals surface area contributed by atoms with Crippen LogP contribution in [-0.4, -0.2) is 27.3 Å². The molecular formula is C22H14Br3N3O3S. The van der Waals surface area contributed by atoms with E-state index in [2.05, 4.69) is 58.0 Å². The summed E-state index contributed by atoms with van der Waals surface area (Å²) in [6, 6.07) is 14.7. The second-order valence-corrected chi connectivity index (χ2v) is 10.3. The Morgan fingerprint density at radius 3 is 2.69 bits per heavy atom. The third-order valence-corrected chi connectivity index (χ3v) is 6.88. The van der Waals surface area contributed by atoms with Crippen LogP contribution in [0.2, 0.25) is 0 Å². The molecule has 32 heavy (non-hydrogen) atoms. The summed E-state index contributed by atoms with van der Waals surface area (Å²) < 4.78 is 7.65. The Morgan fingerprint density at radius 1 is 1.09 bits per heavy atom. The summed E-state index contributed by atoms with van der Waals surface area (Å²) in [6.45, 7) is 0.233. The van der Waals surface area contributed by atoms with Crippen molar-refractivity contribution < 1.29 is 14.3 Å². The maximum Gasteiger partial charge on any atom is 0.267 e. The Bertz CT molecular complexity index is 1260. The highest BCUT2D eigenvalue weighted by molar-refractivity contribution is 9.11. The van der Waals surface area contributed by atoms with Crippen LogP contribution in [0.4, 0.5) is 0 Å². The molecule has 0 unspecified atom stereocenters. The van der Waals surface area contributed by atoms with E-state index in [1.54, 1.807) is 30.5 Å². The van der Waals surface area contributed by atoms with Crippen LogP contribution in [-0.2, 0) is 11.3 Å². The van der Waals surface area contributed by atoms with Crippen LogP contribution < -0.4 is 0 Å². The van der Waals surface area contributed by atoms with E-state index in [1.165, 1.54) is 22.9 Å². The predicted octanol–water partition coefficient (Wildman–Crippen LogP) is 6.78. The topological polar surface area (TPSA) is 78.4 Å². The number of aromatic hydroxyl groups is 1. The van der Waals surface area contributed by atoms with Crippen molar-refractivity contribution in [1.29, 1.82) is 0 Å². The van der Waals surface area contributed by atoms with E-state index in [1.807, 2.05) is 30.3 Å². The molecule has 162 valence electrons. The number of amidine groups is 1. The lowest BCUT2D eigenvalue weighted by molar-refractivity contribution is -0.122. The number of phenols is 1. The van der Waals surface area contributed by atoms with Gasteiger partial charge in [0, 0.05) is 14.5 Å². The largest absolute Gasteiger partial charge is 0.506 e. The third kappa shape index (κ3) is 5.43. The molecule has 2 heterocycles. The van der Waals surface area contributed by atoms with Crippen molar-refractivity contribution >= 4 is 82.9 Å². The number of phenolic OH excluding ortho intramolecular Hbond substituents is 1. The zero-order valence-electron chi connectivity index (χ0n) is 16.2. The Labute approximate surface area is 213 Å². The van der Waals surface area contributed by atoms with Gasteiger partial charge in [-0.05, 0) is 75.7 Å². The normalized spacial score (nSPS) is 16.7. The number of thioether (sulfide) groups is 1. The van der Waals surface area contributed by atoms with Crippen molar-refractivity contribution in [1.82, 2.24) is 4.90 Å². The van der Waals surface area contributed by atoms with Gasteiger partial charge in [0.2, 0.25) is 0 Å². The van der Waals surface area contributed by atoms with Gasteiger partial charge in [-0.2, -0.15) is 5.10 Å². The average molecular weight is 640 g/mol. The second kappa shape index (κ2) is 10.2. The van der Waals surface area contributed by atoms with Crippen molar-refractivity contribution in [3.8, 4) is 5.75 Å². The van der Waals surface area contributed by atoms with Crippen LogP contribution in [0.5, 0.6) is 5.75 Å². The van der Waals surface area contributed by atoms with Gasteiger partial charge >= 0.3 is 0 Å². The highest BCUT2D eigenvalue weighted by Crippen LogP contribution is 2.34.